The second-order valence-electron chi connectivity index (χ2n) is 6.27. The lowest BCUT2D eigenvalue weighted by Gasteiger charge is -2.26. The van der Waals surface area contributed by atoms with Crippen molar-refractivity contribution in [1.29, 1.82) is 0 Å². The summed E-state index contributed by atoms with van der Waals surface area (Å²) in [6, 6.07) is 2.25. The molecule has 1 rings (SSSR count). The number of hydrogen-bond acceptors (Lipinski definition) is 4. The number of halogens is 1. The van der Waals surface area contributed by atoms with Gasteiger partial charge in [0.1, 0.15) is 5.60 Å². The Hall–Kier alpha value is -0.780. The van der Waals surface area contributed by atoms with Crippen LogP contribution in [0.1, 0.15) is 52.6 Å². The van der Waals surface area contributed by atoms with Gasteiger partial charge >= 0.3 is 6.09 Å². The van der Waals surface area contributed by atoms with Gasteiger partial charge in [0, 0.05) is 19.1 Å². The van der Waals surface area contributed by atoms with Crippen LogP contribution < -0.4 is 5.32 Å². The number of nitrogens with one attached hydrogen (secondary N) is 1. The summed E-state index contributed by atoms with van der Waals surface area (Å²) in [5.74, 6) is 0. The van der Waals surface area contributed by atoms with Crippen molar-refractivity contribution in [3.63, 3.8) is 0 Å². The quantitative estimate of drug-likeness (QED) is 0.727. The molecule has 1 N–H and O–H groups in total. The Labute approximate surface area is 142 Å². The first-order valence-electron chi connectivity index (χ1n) is 7.68. The predicted molar refractivity (Wildman–Crippen MR) is 93.8 cm³/mol. The van der Waals surface area contributed by atoms with Gasteiger partial charge in [-0.3, -0.25) is 0 Å². The lowest BCUT2D eigenvalue weighted by atomic mass is 10.2. The smallest absolute Gasteiger partial charge is 0.410 e. The van der Waals surface area contributed by atoms with Crippen LogP contribution in [-0.2, 0) is 4.74 Å². The van der Waals surface area contributed by atoms with Crippen molar-refractivity contribution in [3.8, 4) is 0 Å². The van der Waals surface area contributed by atoms with Gasteiger partial charge in [-0.25, -0.2) is 4.79 Å². The van der Waals surface area contributed by atoms with Gasteiger partial charge in [0.05, 0.1) is 4.34 Å². The van der Waals surface area contributed by atoms with Gasteiger partial charge in [-0.2, -0.15) is 0 Å². The first kappa shape index (κ1) is 19.3. The molecule has 0 aromatic carbocycles. The minimum atomic E-state index is -0.449. The molecule has 1 heterocycles. The molecule has 4 nitrogen and oxygen atoms in total. The van der Waals surface area contributed by atoms with Crippen molar-refractivity contribution in [2.45, 2.75) is 52.7 Å². The Morgan fingerprint density at radius 3 is 2.68 bits per heavy atom. The zero-order chi connectivity index (χ0) is 16.8. The average Bonchev–Trinajstić information content (AvgIpc) is 2.83. The first-order chi connectivity index (χ1) is 10.2. The first-order valence-corrected chi connectivity index (χ1v) is 8.94. The highest BCUT2D eigenvalue weighted by Gasteiger charge is 2.20. The van der Waals surface area contributed by atoms with E-state index < -0.39 is 5.60 Å². The van der Waals surface area contributed by atoms with Crippen LogP contribution >= 0.6 is 22.9 Å². The van der Waals surface area contributed by atoms with Crippen LogP contribution in [0.15, 0.2) is 11.4 Å². The van der Waals surface area contributed by atoms with E-state index in [0.717, 1.165) is 17.3 Å². The monoisotopic (exact) mass is 346 g/mol. The van der Waals surface area contributed by atoms with Gasteiger partial charge in [0.15, 0.2) is 0 Å². The number of rotatable bonds is 7. The van der Waals surface area contributed by atoms with Gasteiger partial charge in [0.2, 0.25) is 0 Å². The van der Waals surface area contributed by atoms with Gasteiger partial charge in [-0.05, 0) is 64.6 Å². The zero-order valence-electron chi connectivity index (χ0n) is 14.1. The standard InChI is InChI=1S/C16H27ClN2O2S/c1-6-19(15(20)21-16(3,4)5)9-7-8-18-12(2)13-10-14(17)22-11-13/h10-12,18H,6-9H2,1-5H3. The van der Waals surface area contributed by atoms with Crippen LogP contribution in [0.5, 0.6) is 0 Å². The Morgan fingerprint density at radius 1 is 1.50 bits per heavy atom. The summed E-state index contributed by atoms with van der Waals surface area (Å²) in [7, 11) is 0. The molecule has 0 radical (unpaired) electrons. The zero-order valence-corrected chi connectivity index (χ0v) is 15.7. The molecule has 0 spiro atoms. The maximum absolute atomic E-state index is 12.0. The third-order valence-corrected chi connectivity index (χ3v) is 4.29. The summed E-state index contributed by atoms with van der Waals surface area (Å²) in [5.41, 5.74) is 0.754. The highest BCUT2D eigenvalue weighted by Crippen LogP contribution is 2.24. The van der Waals surface area contributed by atoms with Crippen molar-refractivity contribution < 1.29 is 9.53 Å². The van der Waals surface area contributed by atoms with E-state index in [1.165, 1.54) is 5.56 Å². The van der Waals surface area contributed by atoms with Crippen LogP contribution in [0, 0.1) is 0 Å². The second kappa shape index (κ2) is 8.75. The summed E-state index contributed by atoms with van der Waals surface area (Å²) in [5, 5.41) is 5.52. The molecule has 1 unspecified atom stereocenters. The fourth-order valence-electron chi connectivity index (χ4n) is 1.96. The SMILES string of the molecule is CCN(CCCNC(C)c1csc(Cl)c1)C(=O)OC(C)(C)C. The molecule has 0 aliphatic carbocycles. The molecule has 0 saturated carbocycles. The number of hydrogen-bond donors (Lipinski definition) is 1. The lowest BCUT2D eigenvalue weighted by molar-refractivity contribution is 0.0258. The second-order valence-corrected chi connectivity index (χ2v) is 7.82. The van der Waals surface area contributed by atoms with Crippen LogP contribution in [0.4, 0.5) is 4.79 Å². The lowest BCUT2D eigenvalue weighted by Crippen LogP contribution is -2.38. The van der Waals surface area contributed by atoms with Gasteiger partial charge in [0.25, 0.3) is 0 Å². The van der Waals surface area contributed by atoms with Crippen molar-refractivity contribution in [3.05, 3.63) is 21.3 Å². The summed E-state index contributed by atoms with van der Waals surface area (Å²) < 4.78 is 6.21. The van der Waals surface area contributed by atoms with Crippen molar-refractivity contribution in [1.82, 2.24) is 10.2 Å². The molecule has 126 valence electrons. The van der Waals surface area contributed by atoms with E-state index in [2.05, 4.69) is 17.6 Å². The van der Waals surface area contributed by atoms with Crippen LogP contribution in [0.25, 0.3) is 0 Å². The summed E-state index contributed by atoms with van der Waals surface area (Å²) in [4.78, 5) is 13.7. The summed E-state index contributed by atoms with van der Waals surface area (Å²) >= 11 is 7.49. The molecule has 22 heavy (non-hydrogen) atoms. The van der Waals surface area contributed by atoms with Crippen LogP contribution in [0.3, 0.4) is 0 Å². The minimum Gasteiger partial charge on any atom is -0.444 e. The van der Waals surface area contributed by atoms with Gasteiger partial charge < -0.3 is 15.0 Å². The maximum Gasteiger partial charge on any atom is 0.410 e. The maximum atomic E-state index is 12.0. The highest BCUT2D eigenvalue weighted by molar-refractivity contribution is 7.14. The third-order valence-electron chi connectivity index (χ3n) is 3.18. The Balaban J connectivity index is 2.31. The van der Waals surface area contributed by atoms with Crippen LogP contribution in [0.2, 0.25) is 4.34 Å². The summed E-state index contributed by atoms with van der Waals surface area (Å²) in [6.07, 6.45) is 0.641. The van der Waals surface area contributed by atoms with E-state index in [9.17, 15) is 4.79 Å². The molecule has 0 aliphatic heterocycles. The topological polar surface area (TPSA) is 41.6 Å². The molecule has 0 saturated heterocycles. The van der Waals surface area contributed by atoms with E-state index in [0.29, 0.717) is 13.1 Å². The summed E-state index contributed by atoms with van der Waals surface area (Å²) in [6.45, 7) is 11.9. The molecule has 1 amide bonds. The number of carbonyl (C=O) groups excluding carboxylic acids is 1. The number of carbonyl (C=O) groups is 1. The molecule has 1 aromatic heterocycles. The molecule has 0 fully saturated rings. The Kier molecular flexibility index (Phi) is 7.66. The number of thiophene rings is 1. The molecule has 6 heteroatoms. The number of ether oxygens (including phenoxy) is 1. The minimum absolute atomic E-state index is 0.243. The number of nitrogens with zero attached hydrogens (tertiary/aromatic N) is 1. The fraction of sp³-hybridized carbons (Fsp3) is 0.688. The van der Waals surface area contributed by atoms with E-state index in [-0.39, 0.29) is 12.1 Å². The fourth-order valence-corrected chi connectivity index (χ4v) is 2.95. The Morgan fingerprint density at radius 2 is 2.18 bits per heavy atom. The third kappa shape index (κ3) is 6.99. The van der Waals surface area contributed by atoms with E-state index in [1.807, 2.05) is 33.8 Å². The molecular weight excluding hydrogens is 320 g/mol. The van der Waals surface area contributed by atoms with Gasteiger partial charge in [-0.1, -0.05) is 11.6 Å². The molecular formula is C16H27ClN2O2S. The van der Waals surface area contributed by atoms with Crippen molar-refractivity contribution in [2.75, 3.05) is 19.6 Å². The molecule has 0 aliphatic rings. The number of amides is 1. The van der Waals surface area contributed by atoms with E-state index >= 15 is 0 Å². The van der Waals surface area contributed by atoms with E-state index in [1.54, 1.807) is 16.2 Å². The van der Waals surface area contributed by atoms with E-state index in [4.69, 9.17) is 16.3 Å². The largest absolute Gasteiger partial charge is 0.444 e. The normalized spacial score (nSPS) is 13.0. The predicted octanol–water partition coefficient (Wildman–Crippen LogP) is 4.70. The van der Waals surface area contributed by atoms with Crippen molar-refractivity contribution >= 4 is 29.0 Å². The van der Waals surface area contributed by atoms with Crippen molar-refractivity contribution in [2.24, 2.45) is 0 Å². The Bertz CT molecular complexity index is 471. The van der Waals surface area contributed by atoms with Gasteiger partial charge in [-0.15, -0.1) is 11.3 Å². The average molecular weight is 347 g/mol. The molecule has 1 atom stereocenters. The molecule has 0 bridgehead atoms. The van der Waals surface area contributed by atoms with Crippen LogP contribution in [-0.4, -0.2) is 36.2 Å². The highest BCUT2D eigenvalue weighted by atomic mass is 35.5. The molecule has 1 aromatic rings.